The summed E-state index contributed by atoms with van der Waals surface area (Å²) in [6, 6.07) is 0. The van der Waals surface area contributed by atoms with Gasteiger partial charge in [-0.05, 0) is 11.8 Å². The molecule has 4 heteroatoms. The van der Waals surface area contributed by atoms with Gasteiger partial charge in [-0.15, -0.1) is 0 Å². The maximum absolute atomic E-state index is 4.34. The number of nitrogens with zero attached hydrogens (tertiary/aromatic N) is 4. The molecular formula is C11H16N4. The van der Waals surface area contributed by atoms with Crippen LogP contribution in [0.2, 0.25) is 0 Å². The number of fused-ring (bicyclic) bond motifs is 1. The van der Waals surface area contributed by atoms with Crippen LogP contribution in [-0.4, -0.2) is 19.5 Å². The molecule has 0 unspecified atom stereocenters. The first-order valence-corrected chi connectivity index (χ1v) is 5.08. The van der Waals surface area contributed by atoms with Crippen LogP contribution in [0.1, 0.15) is 26.5 Å². The van der Waals surface area contributed by atoms with Gasteiger partial charge in [0, 0.05) is 7.05 Å². The third-order valence-corrected chi connectivity index (χ3v) is 2.27. The molecular weight excluding hydrogens is 188 g/mol. The Morgan fingerprint density at radius 2 is 1.93 bits per heavy atom. The molecule has 15 heavy (non-hydrogen) atoms. The molecule has 2 heterocycles. The van der Waals surface area contributed by atoms with E-state index in [2.05, 4.69) is 35.7 Å². The first kappa shape index (κ1) is 10.1. The Labute approximate surface area is 89.4 Å². The van der Waals surface area contributed by atoms with Crippen LogP contribution in [0.4, 0.5) is 0 Å². The summed E-state index contributed by atoms with van der Waals surface area (Å²) in [6.07, 6.45) is 4.32. The lowest BCUT2D eigenvalue weighted by Gasteiger charge is -2.17. The maximum Gasteiger partial charge on any atom is 0.163 e. The molecule has 80 valence electrons. The molecule has 2 aromatic rings. The summed E-state index contributed by atoms with van der Waals surface area (Å²) in [7, 11) is 1.95. The lowest BCUT2D eigenvalue weighted by molar-refractivity contribution is 0.407. The van der Waals surface area contributed by atoms with Crippen LogP contribution in [0.5, 0.6) is 0 Å². The van der Waals surface area contributed by atoms with Crippen LogP contribution in [0.15, 0.2) is 12.7 Å². The van der Waals surface area contributed by atoms with Crippen molar-refractivity contribution in [2.24, 2.45) is 12.5 Å². The zero-order valence-corrected chi connectivity index (χ0v) is 9.65. The third-order valence-electron chi connectivity index (χ3n) is 2.27. The molecule has 0 radical (unpaired) electrons. The molecule has 0 aliphatic carbocycles. The fraction of sp³-hybridized carbons (Fsp3) is 0.545. The average molecular weight is 204 g/mol. The highest BCUT2D eigenvalue weighted by atomic mass is 15.1. The maximum atomic E-state index is 4.34. The van der Waals surface area contributed by atoms with E-state index >= 15 is 0 Å². The first-order valence-electron chi connectivity index (χ1n) is 5.08. The Hall–Kier alpha value is -1.45. The largest absolute Gasteiger partial charge is 0.318 e. The van der Waals surface area contributed by atoms with Gasteiger partial charge in [0.2, 0.25) is 0 Å². The van der Waals surface area contributed by atoms with E-state index < -0.39 is 0 Å². The van der Waals surface area contributed by atoms with Gasteiger partial charge in [-0.25, -0.2) is 15.0 Å². The number of aromatic nitrogens is 4. The molecule has 2 aromatic heterocycles. The van der Waals surface area contributed by atoms with Gasteiger partial charge < -0.3 is 4.57 Å². The molecule has 0 saturated carbocycles. The van der Waals surface area contributed by atoms with Crippen LogP contribution < -0.4 is 0 Å². The third kappa shape index (κ3) is 1.98. The second-order valence-corrected chi connectivity index (χ2v) is 5.09. The van der Waals surface area contributed by atoms with Crippen molar-refractivity contribution >= 4 is 11.2 Å². The summed E-state index contributed by atoms with van der Waals surface area (Å²) >= 11 is 0. The molecule has 4 nitrogen and oxygen atoms in total. The van der Waals surface area contributed by atoms with Crippen molar-refractivity contribution in [3.63, 3.8) is 0 Å². The number of imidazole rings is 1. The van der Waals surface area contributed by atoms with Gasteiger partial charge in [-0.3, -0.25) is 0 Å². The molecule has 0 aromatic carbocycles. The highest BCUT2D eigenvalue weighted by Gasteiger charge is 2.16. The van der Waals surface area contributed by atoms with Gasteiger partial charge in [-0.2, -0.15) is 0 Å². The van der Waals surface area contributed by atoms with Crippen LogP contribution in [-0.2, 0) is 13.5 Å². The molecule has 0 aliphatic heterocycles. The molecule has 0 saturated heterocycles. The van der Waals surface area contributed by atoms with E-state index in [9.17, 15) is 0 Å². The van der Waals surface area contributed by atoms with Gasteiger partial charge in [0.15, 0.2) is 5.65 Å². The number of hydrogen-bond donors (Lipinski definition) is 0. The zero-order chi connectivity index (χ0) is 11.1. The quantitative estimate of drug-likeness (QED) is 0.713. The monoisotopic (exact) mass is 204 g/mol. The molecule has 0 N–H and O–H groups in total. The Kier molecular flexibility index (Phi) is 2.21. The van der Waals surface area contributed by atoms with Crippen molar-refractivity contribution in [3.05, 3.63) is 18.3 Å². The van der Waals surface area contributed by atoms with E-state index in [1.54, 1.807) is 12.7 Å². The fourth-order valence-electron chi connectivity index (χ4n) is 1.63. The molecule has 0 atom stereocenters. The molecule has 2 rings (SSSR count). The van der Waals surface area contributed by atoms with Gasteiger partial charge in [0.05, 0.1) is 12.0 Å². The standard InChI is InChI=1S/C11H16N4/c1-11(2,3)5-8-9-10(13-6-12-8)15(4)7-14-9/h6-7H,5H2,1-4H3. The summed E-state index contributed by atoms with van der Waals surface area (Å²) in [6.45, 7) is 6.59. The molecule has 0 fully saturated rings. The van der Waals surface area contributed by atoms with Gasteiger partial charge in [0.1, 0.15) is 11.8 Å². The fourth-order valence-corrected chi connectivity index (χ4v) is 1.63. The summed E-state index contributed by atoms with van der Waals surface area (Å²) in [5, 5.41) is 0. The summed E-state index contributed by atoms with van der Waals surface area (Å²) in [5.41, 5.74) is 3.09. The van der Waals surface area contributed by atoms with Crippen LogP contribution in [0.3, 0.4) is 0 Å². The minimum absolute atomic E-state index is 0.221. The molecule has 0 amide bonds. The highest BCUT2D eigenvalue weighted by Crippen LogP contribution is 2.22. The topological polar surface area (TPSA) is 43.6 Å². The number of hydrogen-bond acceptors (Lipinski definition) is 3. The Morgan fingerprint density at radius 3 is 2.60 bits per heavy atom. The van der Waals surface area contributed by atoms with Gasteiger partial charge >= 0.3 is 0 Å². The number of rotatable bonds is 1. The van der Waals surface area contributed by atoms with E-state index in [0.29, 0.717) is 0 Å². The highest BCUT2D eigenvalue weighted by molar-refractivity contribution is 5.72. The lowest BCUT2D eigenvalue weighted by atomic mass is 9.90. The predicted molar refractivity (Wildman–Crippen MR) is 59.5 cm³/mol. The SMILES string of the molecule is Cn1cnc2c(CC(C)(C)C)ncnc21. The second kappa shape index (κ2) is 3.29. The van der Waals surface area contributed by atoms with Crippen LogP contribution in [0, 0.1) is 5.41 Å². The molecule has 0 aliphatic rings. The van der Waals surface area contributed by atoms with Crippen molar-refractivity contribution in [2.75, 3.05) is 0 Å². The summed E-state index contributed by atoms with van der Waals surface area (Å²) in [4.78, 5) is 12.9. The van der Waals surface area contributed by atoms with Gasteiger partial charge in [0.25, 0.3) is 0 Å². The van der Waals surface area contributed by atoms with Crippen molar-refractivity contribution in [2.45, 2.75) is 27.2 Å². The van der Waals surface area contributed by atoms with Crippen molar-refractivity contribution in [1.82, 2.24) is 19.5 Å². The van der Waals surface area contributed by atoms with E-state index in [-0.39, 0.29) is 5.41 Å². The van der Waals surface area contributed by atoms with E-state index in [4.69, 9.17) is 0 Å². The summed E-state index contributed by atoms with van der Waals surface area (Å²) < 4.78 is 1.92. The second-order valence-electron chi connectivity index (χ2n) is 5.09. The molecule has 0 bridgehead atoms. The first-order chi connectivity index (χ1) is 6.97. The van der Waals surface area contributed by atoms with Crippen LogP contribution >= 0.6 is 0 Å². The molecule has 0 spiro atoms. The predicted octanol–water partition coefficient (Wildman–Crippen LogP) is 1.95. The Morgan fingerprint density at radius 1 is 1.20 bits per heavy atom. The van der Waals surface area contributed by atoms with E-state index in [1.165, 1.54) is 0 Å². The van der Waals surface area contributed by atoms with E-state index in [1.807, 2.05) is 11.6 Å². The van der Waals surface area contributed by atoms with Crippen LogP contribution in [0.25, 0.3) is 11.2 Å². The minimum atomic E-state index is 0.221. The summed E-state index contributed by atoms with van der Waals surface area (Å²) in [5.74, 6) is 0. The smallest absolute Gasteiger partial charge is 0.163 e. The van der Waals surface area contributed by atoms with Crippen molar-refractivity contribution in [1.29, 1.82) is 0 Å². The van der Waals surface area contributed by atoms with Crippen molar-refractivity contribution in [3.8, 4) is 0 Å². The number of aryl methyl sites for hydroxylation is 1. The lowest BCUT2D eigenvalue weighted by Crippen LogP contribution is -2.11. The Balaban J connectivity index is 2.52. The van der Waals surface area contributed by atoms with E-state index in [0.717, 1.165) is 23.3 Å². The Bertz CT molecular complexity index is 479. The average Bonchev–Trinajstić information content (AvgIpc) is 2.47. The zero-order valence-electron chi connectivity index (χ0n) is 9.65. The normalized spacial score (nSPS) is 12.3. The van der Waals surface area contributed by atoms with Crippen molar-refractivity contribution < 1.29 is 0 Å². The van der Waals surface area contributed by atoms with Gasteiger partial charge in [-0.1, -0.05) is 20.8 Å². The minimum Gasteiger partial charge on any atom is -0.318 e.